The summed E-state index contributed by atoms with van der Waals surface area (Å²) in [6.45, 7) is 0.105. The molecule has 18 N–H and O–H groups in total. The van der Waals surface area contributed by atoms with Crippen LogP contribution in [-0.4, -0.2) is 102 Å². The first kappa shape index (κ1) is 60.2. The molecule has 458 valence electrons. The maximum atomic E-state index is 15.8. The van der Waals surface area contributed by atoms with E-state index in [9.17, 15) is 54.9 Å². The number of carbonyl (C=O) groups excluding carboxylic acids is 7. The Morgan fingerprint density at radius 3 is 1.82 bits per heavy atom. The van der Waals surface area contributed by atoms with E-state index < -0.39 is 136 Å². The molecule has 26 nitrogen and oxygen atoms in total. The van der Waals surface area contributed by atoms with Crippen LogP contribution < -0.4 is 62.9 Å². The first-order chi connectivity index (χ1) is 42.5. The van der Waals surface area contributed by atoms with Crippen LogP contribution in [0.25, 0.3) is 11.1 Å². The molecule has 0 unspecified atom stereocenters. The van der Waals surface area contributed by atoms with E-state index in [0.717, 1.165) is 54.6 Å². The van der Waals surface area contributed by atoms with Crippen LogP contribution in [0.5, 0.6) is 69.0 Å². The molecule has 0 aliphatic carbocycles. The molecule has 28 heteroatoms. The Hall–Kier alpha value is -10.5. The van der Waals surface area contributed by atoms with Crippen molar-refractivity contribution in [1.29, 1.82) is 0 Å². The van der Waals surface area contributed by atoms with Crippen molar-refractivity contribution in [3.05, 3.63) is 164 Å². The van der Waals surface area contributed by atoms with E-state index in [0.29, 0.717) is 5.56 Å². The smallest absolute Gasteiger partial charge is 0.248 e. The van der Waals surface area contributed by atoms with E-state index in [1.165, 1.54) is 60.7 Å². The van der Waals surface area contributed by atoms with Crippen molar-refractivity contribution >= 4 is 64.6 Å². The van der Waals surface area contributed by atoms with E-state index in [-0.39, 0.29) is 103 Å². The van der Waals surface area contributed by atoms with Crippen molar-refractivity contribution in [2.24, 2.45) is 11.5 Å². The predicted molar refractivity (Wildman–Crippen MR) is 314 cm³/mol. The lowest BCUT2D eigenvalue weighted by Gasteiger charge is -2.31. The SMILES string of the molecule is NCCCNC(=O)[C@H]1NC(=O)[C@H]2NC(=O)[C@H](NC(=O)[C@@H]3NC(=O)[C@H]4NC(=O)[C@@H](Cc5ccc(c(Cl)c5)Oc5cc3cc(c5O)Oc3ccc(cc3Cl)[C@H]2O)NC(=O)[C@H](N)c2ccc(O)c(c2)Oc2cc(O)cc4c2)c2ccc(O)c(c2)-c2c(O)cc(O)cc21. The fourth-order valence-electron chi connectivity index (χ4n) is 10.7. The van der Waals surface area contributed by atoms with Gasteiger partial charge in [-0.05, 0) is 131 Å². The molecule has 7 aromatic rings. The second-order valence-corrected chi connectivity index (χ2v) is 22.0. The number of aliphatic hydroxyl groups is 1. The van der Waals surface area contributed by atoms with Crippen molar-refractivity contribution < 1.29 is 83.5 Å². The Balaban J connectivity index is 1.13. The lowest BCUT2D eigenvalue weighted by molar-refractivity contribution is -0.137. The monoisotopic (exact) mass is 1250 g/mol. The van der Waals surface area contributed by atoms with Crippen molar-refractivity contribution in [2.45, 2.75) is 61.2 Å². The van der Waals surface area contributed by atoms with Gasteiger partial charge in [-0.15, -0.1) is 0 Å². The van der Waals surface area contributed by atoms with E-state index >= 15 is 14.4 Å². The van der Waals surface area contributed by atoms with Crippen LogP contribution in [0.15, 0.2) is 115 Å². The second kappa shape index (κ2) is 24.3. The number of nitrogens with one attached hydrogen (secondary N) is 7. The normalized spacial score (nSPS) is 21.5. The summed E-state index contributed by atoms with van der Waals surface area (Å²) in [6.07, 6.45) is -2.16. The highest BCUT2D eigenvalue weighted by atomic mass is 35.5. The maximum Gasteiger partial charge on any atom is 0.248 e. The van der Waals surface area contributed by atoms with Gasteiger partial charge in [-0.1, -0.05) is 47.5 Å². The molecule has 6 aliphatic heterocycles. The molecule has 0 spiro atoms. The second-order valence-electron chi connectivity index (χ2n) is 21.2. The quantitative estimate of drug-likeness (QED) is 0.109. The number of carbonyl (C=O) groups is 7. The van der Waals surface area contributed by atoms with E-state index in [2.05, 4.69) is 37.2 Å². The lowest BCUT2D eigenvalue weighted by atomic mass is 9.89. The molecule has 0 saturated carbocycles. The van der Waals surface area contributed by atoms with Crippen molar-refractivity contribution in [3.63, 3.8) is 0 Å². The number of fused-ring (bicyclic) bond motifs is 14. The summed E-state index contributed by atoms with van der Waals surface area (Å²) in [5.41, 5.74) is 10.6. The first-order valence-corrected chi connectivity index (χ1v) is 28.1. The van der Waals surface area contributed by atoms with E-state index in [1.54, 1.807) is 0 Å². The van der Waals surface area contributed by atoms with Gasteiger partial charge in [-0.3, -0.25) is 33.6 Å². The minimum atomic E-state index is -2.16. The van der Waals surface area contributed by atoms with Crippen LogP contribution >= 0.6 is 23.2 Å². The average molecular weight is 1260 g/mol. The molecule has 7 amide bonds. The minimum Gasteiger partial charge on any atom is -0.508 e. The average Bonchev–Trinajstić information content (AvgIpc) is 1.19. The third-order valence-electron chi connectivity index (χ3n) is 15.1. The van der Waals surface area contributed by atoms with Gasteiger partial charge in [0.15, 0.2) is 23.0 Å². The molecule has 6 heterocycles. The molecule has 8 atom stereocenters. The fourth-order valence-corrected chi connectivity index (χ4v) is 11.1. The topological polar surface area (TPSA) is 425 Å². The number of benzene rings is 7. The zero-order chi connectivity index (χ0) is 63.3. The Kier molecular flexibility index (Phi) is 16.5. The largest absolute Gasteiger partial charge is 0.508 e. The van der Waals surface area contributed by atoms with Crippen molar-refractivity contribution in [1.82, 2.24) is 37.2 Å². The van der Waals surface area contributed by atoms with Gasteiger partial charge >= 0.3 is 0 Å². The van der Waals surface area contributed by atoms with Gasteiger partial charge in [0.2, 0.25) is 47.1 Å². The summed E-state index contributed by atoms with van der Waals surface area (Å²) >= 11 is 13.8. The summed E-state index contributed by atoms with van der Waals surface area (Å²) < 4.78 is 18.5. The number of aromatic hydroxyl groups is 6. The number of rotatable bonds is 4. The number of halogens is 2. The highest BCUT2D eigenvalue weighted by Gasteiger charge is 2.41. The number of phenolic OH excluding ortho intramolecular Hbond substituents is 6. The molecular weight excluding hydrogens is 1200 g/mol. The molecule has 0 radical (unpaired) electrons. The van der Waals surface area contributed by atoms with Gasteiger partial charge in [0, 0.05) is 36.2 Å². The number of hydrogen-bond donors (Lipinski definition) is 16. The van der Waals surface area contributed by atoms with Crippen LogP contribution in [-0.2, 0) is 40.0 Å². The predicted octanol–water partition coefficient (Wildman–Crippen LogP) is 4.37. The molecular formula is C61H53Cl2N9O17. The molecule has 6 aliphatic rings. The van der Waals surface area contributed by atoms with Gasteiger partial charge in [-0.2, -0.15) is 0 Å². The van der Waals surface area contributed by atoms with E-state index in [1.807, 2.05) is 0 Å². The van der Waals surface area contributed by atoms with Gasteiger partial charge in [0.25, 0.3) is 0 Å². The number of phenols is 6. The minimum absolute atomic E-state index is 0.0306. The Labute approximate surface area is 513 Å². The number of amides is 7. The van der Waals surface area contributed by atoms with Crippen LogP contribution in [0, 0.1) is 0 Å². The van der Waals surface area contributed by atoms with Crippen molar-refractivity contribution in [2.75, 3.05) is 13.1 Å². The first-order valence-electron chi connectivity index (χ1n) is 27.3. The van der Waals surface area contributed by atoms with Crippen LogP contribution in [0.4, 0.5) is 0 Å². The van der Waals surface area contributed by atoms with Crippen LogP contribution in [0.3, 0.4) is 0 Å². The zero-order valence-corrected chi connectivity index (χ0v) is 47.6. The zero-order valence-electron chi connectivity index (χ0n) is 46.0. The molecule has 7 aromatic carbocycles. The van der Waals surface area contributed by atoms with Gasteiger partial charge in [0.05, 0.1) is 10.0 Å². The number of ether oxygens (including phenoxy) is 3. The Bertz CT molecular complexity index is 4120. The van der Waals surface area contributed by atoms with Crippen molar-refractivity contribution in [3.8, 4) is 80.1 Å². The summed E-state index contributed by atoms with van der Waals surface area (Å²) in [6, 6.07) is 9.21. The maximum absolute atomic E-state index is 15.8. The van der Waals surface area contributed by atoms with Crippen LogP contribution in [0.2, 0.25) is 10.0 Å². The third-order valence-corrected chi connectivity index (χ3v) is 15.7. The summed E-state index contributed by atoms with van der Waals surface area (Å²) in [7, 11) is 0. The van der Waals surface area contributed by atoms with E-state index in [4.69, 9.17) is 48.9 Å². The lowest BCUT2D eigenvalue weighted by Crippen LogP contribution is -2.56. The van der Waals surface area contributed by atoms with Crippen LogP contribution in [0.1, 0.15) is 81.7 Å². The Morgan fingerprint density at radius 1 is 0.539 bits per heavy atom. The molecule has 0 fully saturated rings. The molecule has 89 heavy (non-hydrogen) atoms. The summed E-state index contributed by atoms with van der Waals surface area (Å²) in [5.74, 6) is -13.5. The van der Waals surface area contributed by atoms with Gasteiger partial charge < -0.3 is 98.6 Å². The van der Waals surface area contributed by atoms with Gasteiger partial charge in [0.1, 0.15) is 88.6 Å². The summed E-state index contributed by atoms with van der Waals surface area (Å²) in [4.78, 5) is 105. The molecule has 13 rings (SSSR count). The Morgan fingerprint density at radius 2 is 1.13 bits per heavy atom. The highest BCUT2D eigenvalue weighted by Crippen LogP contribution is 2.48. The fraction of sp³-hybridized carbons (Fsp3) is 0.197. The number of nitrogens with two attached hydrogens (primary N) is 2. The third kappa shape index (κ3) is 12.2. The highest BCUT2D eigenvalue weighted by molar-refractivity contribution is 6.32. The summed E-state index contributed by atoms with van der Waals surface area (Å²) in [5, 5.41) is 98.4. The number of hydrogen-bond acceptors (Lipinski definition) is 19. The molecule has 0 aromatic heterocycles. The molecule has 17 bridgehead atoms. The number of aliphatic hydroxyl groups excluding tert-OH is 1. The molecule has 0 saturated heterocycles. The standard InChI is InChI=1S/C61H53Cl2N9O17/c62-35-12-24-2-8-41(35)88-44-19-29-20-45(54(44)79)89-42-9-5-27(17-36(42)63)53(78)52-61(86)71-51(57(82)66-11-1-10-64)34-22-31(74)23-40(77)46(34)33-16-26(4-6-38(33)75)48(58(83)72-52)69-60(85)50(29)70-59(84)49-28-14-30(73)21-32(15-28)87-43-18-25(3-7-39(43)76)47(65)56(81)67-37(13-24)55(80)68-49/h2-9,12,14-23,37,47-53,73-79H,1,10-11,13,64-65H2,(H,66,82)(H,67,81)(H,68,80)(H,69,85)(H,70,84)(H,71,86)(H,72,83)/t37-,47-,48-,49+,50-,51+,52+,53-/m1/s1. The van der Waals surface area contributed by atoms with Gasteiger partial charge in [-0.25, -0.2) is 0 Å².